The zero-order chi connectivity index (χ0) is 23.1. The molecule has 0 aromatic carbocycles. The number of cyclic esters (lactones) is 1. The Balaban J connectivity index is 2.05. The van der Waals surface area contributed by atoms with Crippen molar-refractivity contribution < 1.29 is 42.1 Å². The number of aromatic nitrogens is 1. The van der Waals surface area contributed by atoms with Crippen LogP contribution >= 0.6 is 0 Å². The Morgan fingerprint density at radius 1 is 1.29 bits per heavy atom. The van der Waals surface area contributed by atoms with Gasteiger partial charge in [-0.2, -0.15) is 13.2 Å². The van der Waals surface area contributed by atoms with Crippen LogP contribution in [0.15, 0.2) is 6.07 Å². The molecule has 0 unspecified atom stereocenters. The lowest BCUT2D eigenvalue weighted by Crippen LogP contribution is -2.56. The van der Waals surface area contributed by atoms with Gasteiger partial charge in [0.2, 0.25) is 0 Å². The zero-order valence-corrected chi connectivity index (χ0v) is 16.9. The van der Waals surface area contributed by atoms with Gasteiger partial charge in [0, 0.05) is 19.6 Å². The second-order valence-corrected chi connectivity index (χ2v) is 8.05. The highest BCUT2D eigenvalue weighted by atomic mass is 19.4. The summed E-state index contributed by atoms with van der Waals surface area (Å²) >= 11 is 0. The Hall–Kier alpha value is -3.25. The molecule has 1 atom stereocenters. The van der Waals surface area contributed by atoms with Crippen LogP contribution in [-0.4, -0.2) is 71.0 Å². The van der Waals surface area contributed by atoms with Crippen molar-refractivity contribution >= 4 is 29.8 Å². The minimum absolute atomic E-state index is 0.0282. The van der Waals surface area contributed by atoms with E-state index in [0.717, 1.165) is 4.90 Å². The number of nitrogens with one attached hydrogen (secondary N) is 1. The third-order valence-corrected chi connectivity index (χ3v) is 4.58. The number of amides is 2. The van der Waals surface area contributed by atoms with E-state index in [9.17, 15) is 32.7 Å². The summed E-state index contributed by atoms with van der Waals surface area (Å²) in [5.41, 5.74) is -2.72. The van der Waals surface area contributed by atoms with Gasteiger partial charge in [0.1, 0.15) is 29.4 Å². The van der Waals surface area contributed by atoms with Crippen LogP contribution in [-0.2, 0) is 15.7 Å². The van der Waals surface area contributed by atoms with Gasteiger partial charge in [-0.15, -0.1) is 0 Å². The number of alkyl halides is 3. The normalized spacial score (nSPS) is 19.0. The number of ether oxygens (including phenoxy) is 2. The number of hydrogen-bond acceptors (Lipinski definition) is 7. The summed E-state index contributed by atoms with van der Waals surface area (Å²) in [5, 5.41) is 11.2. The van der Waals surface area contributed by atoms with Crippen LogP contribution in [0, 0.1) is 0 Å². The van der Waals surface area contributed by atoms with E-state index in [1.54, 1.807) is 20.8 Å². The number of hydrogen-bond donors (Lipinski definition) is 2. The number of fused-ring (bicyclic) bond motifs is 3. The number of halogens is 3. The molecule has 13 heteroatoms. The fraction of sp³-hybridized carbons (Fsp3) is 0.556. The summed E-state index contributed by atoms with van der Waals surface area (Å²) in [6.07, 6.45) is -7.24. The van der Waals surface area contributed by atoms with E-state index in [2.05, 4.69) is 4.98 Å². The van der Waals surface area contributed by atoms with Crippen molar-refractivity contribution in [2.75, 3.05) is 36.5 Å². The number of esters is 1. The second kappa shape index (κ2) is 7.78. The van der Waals surface area contributed by atoms with Crippen LogP contribution in [0.1, 0.15) is 36.7 Å². The lowest BCUT2D eigenvalue weighted by Gasteiger charge is -2.39. The van der Waals surface area contributed by atoms with Crippen LogP contribution in [0.3, 0.4) is 0 Å². The van der Waals surface area contributed by atoms with Gasteiger partial charge in [0.05, 0.1) is 11.6 Å². The van der Waals surface area contributed by atoms with Crippen molar-refractivity contribution in [3.05, 3.63) is 17.2 Å². The van der Waals surface area contributed by atoms with Gasteiger partial charge in [0.25, 0.3) is 0 Å². The third-order valence-electron chi connectivity index (χ3n) is 4.58. The molecule has 3 heterocycles. The molecule has 1 aromatic heterocycles. The number of rotatable bonds is 1. The molecule has 170 valence electrons. The fourth-order valence-electron chi connectivity index (χ4n) is 3.28. The van der Waals surface area contributed by atoms with Crippen molar-refractivity contribution in [3.63, 3.8) is 0 Å². The summed E-state index contributed by atoms with van der Waals surface area (Å²) in [5.74, 6) is -1.97. The van der Waals surface area contributed by atoms with Gasteiger partial charge < -0.3 is 24.4 Å². The quantitative estimate of drug-likeness (QED) is 0.632. The SMILES string of the molecule is CC(C)(C)OC(=O)Nc1nc2c(cc1C(F)(F)F)C(=O)OC[C@H]1CN(C(=O)O)CCN21. The molecular weight excluding hydrogens is 425 g/mol. The molecule has 0 radical (unpaired) electrons. The van der Waals surface area contributed by atoms with Crippen LogP contribution in [0.2, 0.25) is 0 Å². The highest BCUT2D eigenvalue weighted by Gasteiger charge is 2.41. The molecule has 0 aliphatic carbocycles. The summed E-state index contributed by atoms with van der Waals surface area (Å²) in [4.78, 5) is 42.3. The first kappa shape index (κ1) is 22.4. The molecule has 0 bridgehead atoms. The van der Waals surface area contributed by atoms with Gasteiger partial charge in [-0.1, -0.05) is 0 Å². The van der Waals surface area contributed by atoms with E-state index in [0.29, 0.717) is 6.07 Å². The maximum atomic E-state index is 13.6. The Morgan fingerprint density at radius 3 is 2.55 bits per heavy atom. The minimum atomic E-state index is -4.93. The van der Waals surface area contributed by atoms with Crippen molar-refractivity contribution in [3.8, 4) is 0 Å². The molecule has 2 amide bonds. The number of carbonyl (C=O) groups excluding carboxylic acids is 2. The minimum Gasteiger partial charge on any atom is -0.465 e. The van der Waals surface area contributed by atoms with Gasteiger partial charge in [-0.05, 0) is 26.8 Å². The van der Waals surface area contributed by atoms with E-state index in [1.807, 2.05) is 5.32 Å². The first-order chi connectivity index (χ1) is 14.3. The second-order valence-electron chi connectivity index (χ2n) is 8.05. The van der Waals surface area contributed by atoms with Crippen LogP contribution in [0.4, 0.5) is 34.4 Å². The molecule has 1 aromatic rings. The number of pyridine rings is 1. The third kappa shape index (κ3) is 4.91. The Bertz CT molecular complexity index is 915. The first-order valence-corrected chi connectivity index (χ1v) is 9.30. The van der Waals surface area contributed by atoms with Crippen molar-refractivity contribution in [1.82, 2.24) is 9.88 Å². The highest BCUT2D eigenvalue weighted by Crippen LogP contribution is 2.39. The van der Waals surface area contributed by atoms with E-state index < -0.39 is 52.9 Å². The average molecular weight is 446 g/mol. The van der Waals surface area contributed by atoms with Crippen LogP contribution in [0.25, 0.3) is 0 Å². The molecule has 1 fully saturated rings. The number of anilines is 2. The van der Waals surface area contributed by atoms with Gasteiger partial charge in [-0.3, -0.25) is 5.32 Å². The topological polar surface area (TPSA) is 121 Å². The number of piperazine rings is 1. The first-order valence-electron chi connectivity index (χ1n) is 9.30. The maximum Gasteiger partial charge on any atom is 0.419 e. The van der Waals surface area contributed by atoms with E-state index >= 15 is 0 Å². The molecule has 0 saturated carbocycles. The number of carbonyl (C=O) groups is 3. The molecule has 2 N–H and O–H groups in total. The lowest BCUT2D eigenvalue weighted by atomic mass is 10.1. The predicted molar refractivity (Wildman–Crippen MR) is 100 cm³/mol. The number of carboxylic acid groups (broad SMARTS) is 1. The van der Waals surface area contributed by atoms with E-state index in [1.165, 1.54) is 4.90 Å². The molecular formula is C18H21F3N4O6. The molecule has 2 aliphatic rings. The van der Waals surface area contributed by atoms with Gasteiger partial charge in [-0.25, -0.2) is 19.4 Å². The Labute approximate surface area is 174 Å². The average Bonchev–Trinajstić information content (AvgIpc) is 2.75. The molecule has 1 saturated heterocycles. The standard InChI is InChI=1S/C18H21F3N4O6/c1-17(2,3)31-15(27)23-12-11(18(19,20)21)6-10-13(22-12)25-5-4-24(16(28)29)7-9(25)8-30-14(10)26/h6,9H,4-5,7-8H2,1-3H3,(H,28,29)(H,22,23,27)/t9-/m1/s1. The predicted octanol–water partition coefficient (Wildman–Crippen LogP) is 2.79. The molecule has 10 nitrogen and oxygen atoms in total. The lowest BCUT2D eigenvalue weighted by molar-refractivity contribution is -0.137. The number of nitrogens with zero attached hydrogens (tertiary/aromatic N) is 3. The largest absolute Gasteiger partial charge is 0.465 e. The van der Waals surface area contributed by atoms with Crippen molar-refractivity contribution in [1.29, 1.82) is 0 Å². The monoisotopic (exact) mass is 446 g/mol. The van der Waals surface area contributed by atoms with Gasteiger partial charge >= 0.3 is 24.3 Å². The summed E-state index contributed by atoms with van der Waals surface area (Å²) in [6.45, 7) is 4.51. The smallest absolute Gasteiger partial charge is 0.419 e. The molecule has 3 rings (SSSR count). The van der Waals surface area contributed by atoms with Crippen LogP contribution < -0.4 is 10.2 Å². The fourth-order valence-corrected chi connectivity index (χ4v) is 3.28. The van der Waals surface area contributed by atoms with Crippen molar-refractivity contribution in [2.45, 2.75) is 38.6 Å². The Morgan fingerprint density at radius 2 is 1.97 bits per heavy atom. The summed E-state index contributed by atoms with van der Waals surface area (Å²) in [7, 11) is 0. The van der Waals surface area contributed by atoms with E-state index in [4.69, 9.17) is 9.47 Å². The van der Waals surface area contributed by atoms with Crippen LogP contribution in [0.5, 0.6) is 0 Å². The summed E-state index contributed by atoms with van der Waals surface area (Å²) < 4.78 is 51.0. The maximum absolute atomic E-state index is 13.6. The zero-order valence-electron chi connectivity index (χ0n) is 16.9. The molecule has 31 heavy (non-hydrogen) atoms. The molecule has 0 spiro atoms. The highest BCUT2D eigenvalue weighted by molar-refractivity contribution is 5.97. The Kier molecular flexibility index (Phi) is 5.63. The van der Waals surface area contributed by atoms with Crippen molar-refractivity contribution in [2.24, 2.45) is 0 Å². The van der Waals surface area contributed by atoms with E-state index in [-0.39, 0.29) is 32.1 Å². The summed E-state index contributed by atoms with van der Waals surface area (Å²) in [6, 6.07) is -0.0720. The molecule has 2 aliphatic heterocycles. The van der Waals surface area contributed by atoms with Gasteiger partial charge in [0.15, 0.2) is 0 Å².